The highest BCUT2D eigenvalue weighted by Crippen LogP contribution is 2.12. The summed E-state index contributed by atoms with van der Waals surface area (Å²) in [6.07, 6.45) is -0.949. The zero-order valence-electron chi connectivity index (χ0n) is 16.6. The maximum Gasteiger partial charge on any atom is 0.329 e. The molecule has 2 amide bonds. The third-order valence-corrected chi connectivity index (χ3v) is 4.24. The summed E-state index contributed by atoms with van der Waals surface area (Å²) in [7, 11) is 0. The second-order valence-corrected chi connectivity index (χ2v) is 7.00. The number of anilines is 1. The van der Waals surface area contributed by atoms with Crippen LogP contribution < -0.4 is 10.6 Å². The van der Waals surface area contributed by atoms with Crippen LogP contribution in [0, 0.1) is 12.8 Å². The van der Waals surface area contributed by atoms with Crippen molar-refractivity contribution in [1.82, 2.24) is 5.32 Å². The van der Waals surface area contributed by atoms with Crippen LogP contribution >= 0.6 is 0 Å². The molecule has 0 bridgehead atoms. The molecule has 0 unspecified atom stereocenters. The number of amides is 2. The standard InChI is InChI=1S/C22H26N2O4/c1-14(2)19(24-22(27)23-18-8-6-5-7-9-18)21(26)28-16(4)20(25)17-12-10-15(3)11-13-17/h5-14,16,19H,1-4H3,(H2,23,24,27)/t16-,19-/m1/s1. The molecule has 2 N–H and O–H groups in total. The maximum atomic E-state index is 12.6. The van der Waals surface area contributed by atoms with Gasteiger partial charge in [-0.3, -0.25) is 4.79 Å². The number of aryl methyl sites for hydroxylation is 1. The molecule has 2 aromatic carbocycles. The Morgan fingerprint density at radius 3 is 2.07 bits per heavy atom. The molecule has 2 rings (SSSR count). The molecule has 2 atom stereocenters. The molecule has 0 aliphatic carbocycles. The number of ether oxygens (including phenoxy) is 1. The number of benzene rings is 2. The zero-order chi connectivity index (χ0) is 20.7. The fourth-order valence-corrected chi connectivity index (χ4v) is 2.58. The summed E-state index contributed by atoms with van der Waals surface area (Å²) in [5.41, 5.74) is 2.12. The van der Waals surface area contributed by atoms with Gasteiger partial charge in [0.05, 0.1) is 0 Å². The number of rotatable bonds is 7. The Labute approximate surface area is 165 Å². The molecule has 0 heterocycles. The highest BCUT2D eigenvalue weighted by atomic mass is 16.5. The molecule has 6 heteroatoms. The Hall–Kier alpha value is -3.15. The van der Waals surface area contributed by atoms with Crippen LogP contribution in [0.25, 0.3) is 0 Å². The Bertz CT molecular complexity index is 816. The Morgan fingerprint density at radius 1 is 0.893 bits per heavy atom. The first-order chi connectivity index (χ1) is 13.3. The lowest BCUT2D eigenvalue weighted by Gasteiger charge is -2.23. The second-order valence-electron chi connectivity index (χ2n) is 7.00. The molecule has 6 nitrogen and oxygen atoms in total. The average molecular weight is 382 g/mol. The van der Waals surface area contributed by atoms with E-state index in [4.69, 9.17) is 4.74 Å². The predicted molar refractivity (Wildman–Crippen MR) is 108 cm³/mol. The first kappa shape index (κ1) is 21.2. The van der Waals surface area contributed by atoms with E-state index in [9.17, 15) is 14.4 Å². The Balaban J connectivity index is 1.98. The van der Waals surface area contributed by atoms with E-state index >= 15 is 0 Å². The van der Waals surface area contributed by atoms with Gasteiger partial charge in [-0.15, -0.1) is 0 Å². The first-order valence-electron chi connectivity index (χ1n) is 9.22. The van der Waals surface area contributed by atoms with E-state index in [1.165, 1.54) is 6.92 Å². The monoisotopic (exact) mass is 382 g/mol. The van der Waals surface area contributed by atoms with Gasteiger partial charge >= 0.3 is 12.0 Å². The van der Waals surface area contributed by atoms with E-state index in [0.29, 0.717) is 11.3 Å². The van der Waals surface area contributed by atoms with Crippen LogP contribution in [0.2, 0.25) is 0 Å². The lowest BCUT2D eigenvalue weighted by molar-refractivity contribution is -0.149. The van der Waals surface area contributed by atoms with Gasteiger partial charge in [0, 0.05) is 11.3 Å². The highest BCUT2D eigenvalue weighted by molar-refractivity contribution is 6.00. The molecule has 0 aliphatic heterocycles. The number of para-hydroxylation sites is 1. The van der Waals surface area contributed by atoms with Gasteiger partial charge in [0.25, 0.3) is 0 Å². The highest BCUT2D eigenvalue weighted by Gasteiger charge is 2.29. The molecular formula is C22H26N2O4. The van der Waals surface area contributed by atoms with Gasteiger partial charge in [-0.05, 0) is 31.9 Å². The van der Waals surface area contributed by atoms with Crippen molar-refractivity contribution in [2.24, 2.45) is 5.92 Å². The van der Waals surface area contributed by atoms with E-state index in [0.717, 1.165) is 5.56 Å². The molecule has 0 saturated carbocycles. The lowest BCUT2D eigenvalue weighted by Crippen LogP contribution is -2.48. The van der Waals surface area contributed by atoms with Crippen molar-refractivity contribution in [3.8, 4) is 0 Å². The van der Waals surface area contributed by atoms with Gasteiger partial charge in [0.2, 0.25) is 5.78 Å². The van der Waals surface area contributed by atoms with Gasteiger partial charge in [-0.1, -0.05) is 61.9 Å². The number of Topliss-reactive ketones (excluding diaryl/α,β-unsaturated/α-hetero) is 1. The lowest BCUT2D eigenvalue weighted by atomic mass is 10.0. The van der Waals surface area contributed by atoms with Crippen molar-refractivity contribution < 1.29 is 19.1 Å². The minimum absolute atomic E-state index is 0.212. The number of carbonyl (C=O) groups is 3. The van der Waals surface area contributed by atoms with E-state index < -0.39 is 24.1 Å². The molecular weight excluding hydrogens is 356 g/mol. The third-order valence-electron chi connectivity index (χ3n) is 4.24. The molecule has 2 aromatic rings. The summed E-state index contributed by atoms with van der Waals surface area (Å²) in [6, 6.07) is 14.6. The molecule has 0 fully saturated rings. The smallest absolute Gasteiger partial charge is 0.329 e. The second kappa shape index (κ2) is 9.69. The number of ketones is 1. The summed E-state index contributed by atoms with van der Waals surface area (Å²) in [5, 5.41) is 5.28. The first-order valence-corrected chi connectivity index (χ1v) is 9.22. The van der Waals surface area contributed by atoms with E-state index in [1.54, 1.807) is 50.2 Å². The molecule has 0 aliphatic rings. The van der Waals surface area contributed by atoms with Crippen LogP contribution in [0.4, 0.5) is 10.5 Å². The predicted octanol–water partition coefficient (Wildman–Crippen LogP) is 3.96. The molecule has 28 heavy (non-hydrogen) atoms. The largest absolute Gasteiger partial charge is 0.453 e. The van der Waals surface area contributed by atoms with Gasteiger partial charge in [-0.25, -0.2) is 9.59 Å². The van der Waals surface area contributed by atoms with E-state index in [2.05, 4.69) is 10.6 Å². The molecule has 148 valence electrons. The number of urea groups is 1. The number of hydrogen-bond acceptors (Lipinski definition) is 4. The Kier molecular flexibility index (Phi) is 7.32. The van der Waals surface area contributed by atoms with Crippen LogP contribution in [-0.2, 0) is 9.53 Å². The van der Waals surface area contributed by atoms with Crippen LogP contribution in [0.15, 0.2) is 54.6 Å². The number of carbonyl (C=O) groups excluding carboxylic acids is 3. The van der Waals surface area contributed by atoms with Crippen LogP contribution in [0.5, 0.6) is 0 Å². The molecule has 0 aromatic heterocycles. The fourth-order valence-electron chi connectivity index (χ4n) is 2.58. The van der Waals surface area contributed by atoms with Gasteiger partial charge < -0.3 is 15.4 Å². The van der Waals surface area contributed by atoms with E-state index in [1.807, 2.05) is 25.1 Å². The number of nitrogens with one attached hydrogen (secondary N) is 2. The summed E-state index contributed by atoms with van der Waals surface area (Å²) in [6.45, 7) is 7.04. The summed E-state index contributed by atoms with van der Waals surface area (Å²) >= 11 is 0. The normalized spacial score (nSPS) is 12.8. The fraction of sp³-hybridized carbons (Fsp3) is 0.318. The minimum atomic E-state index is -0.949. The van der Waals surface area contributed by atoms with E-state index in [-0.39, 0.29) is 11.7 Å². The van der Waals surface area contributed by atoms with Gasteiger partial charge in [-0.2, -0.15) is 0 Å². The topological polar surface area (TPSA) is 84.5 Å². The summed E-state index contributed by atoms with van der Waals surface area (Å²) in [4.78, 5) is 37.2. The zero-order valence-corrected chi connectivity index (χ0v) is 16.6. The van der Waals surface area contributed by atoms with Crippen LogP contribution in [-0.4, -0.2) is 29.9 Å². The number of esters is 1. The minimum Gasteiger partial charge on any atom is -0.453 e. The Morgan fingerprint density at radius 2 is 1.50 bits per heavy atom. The van der Waals surface area contributed by atoms with Crippen molar-refractivity contribution in [3.05, 3.63) is 65.7 Å². The van der Waals surface area contributed by atoms with Gasteiger partial charge in [0.15, 0.2) is 6.10 Å². The van der Waals surface area contributed by atoms with Crippen molar-refractivity contribution >= 4 is 23.5 Å². The van der Waals surface area contributed by atoms with Gasteiger partial charge in [0.1, 0.15) is 6.04 Å². The molecule has 0 saturated heterocycles. The van der Waals surface area contributed by atoms with Crippen LogP contribution in [0.3, 0.4) is 0 Å². The molecule has 0 spiro atoms. The number of hydrogen-bond donors (Lipinski definition) is 2. The molecule has 0 radical (unpaired) electrons. The summed E-state index contributed by atoms with van der Waals surface area (Å²) in [5.74, 6) is -1.15. The van der Waals surface area contributed by atoms with Crippen molar-refractivity contribution in [2.75, 3.05) is 5.32 Å². The third kappa shape index (κ3) is 5.94. The maximum absolute atomic E-state index is 12.6. The van der Waals surface area contributed by atoms with Crippen molar-refractivity contribution in [1.29, 1.82) is 0 Å². The summed E-state index contributed by atoms with van der Waals surface area (Å²) < 4.78 is 5.34. The van der Waals surface area contributed by atoms with Crippen LogP contribution in [0.1, 0.15) is 36.7 Å². The average Bonchev–Trinajstić information content (AvgIpc) is 2.66. The van der Waals surface area contributed by atoms with Crippen molar-refractivity contribution in [2.45, 2.75) is 39.8 Å². The van der Waals surface area contributed by atoms with Crippen molar-refractivity contribution in [3.63, 3.8) is 0 Å². The SMILES string of the molecule is Cc1ccc(C(=O)[C@@H](C)OC(=O)[C@H](NC(=O)Nc2ccccc2)C(C)C)cc1. The quantitative estimate of drug-likeness (QED) is 0.561.